The molecule has 2 saturated carbocycles. The fourth-order valence-electron chi connectivity index (χ4n) is 3.06. The molecule has 3 atom stereocenters. The van der Waals surface area contributed by atoms with Gasteiger partial charge in [-0.25, -0.2) is 0 Å². The molecule has 0 aromatic heterocycles. The monoisotopic (exact) mass is 196 g/mol. The highest BCUT2D eigenvalue weighted by Gasteiger charge is 2.55. The van der Waals surface area contributed by atoms with Crippen LogP contribution in [0.1, 0.15) is 32.6 Å². The molecule has 3 nitrogen and oxygen atoms in total. The van der Waals surface area contributed by atoms with Gasteiger partial charge in [0, 0.05) is 5.41 Å². The third-order valence-corrected chi connectivity index (χ3v) is 3.76. The summed E-state index contributed by atoms with van der Waals surface area (Å²) in [6.45, 7) is 2.22. The van der Waals surface area contributed by atoms with Crippen LogP contribution in [0.4, 0.5) is 0 Å². The number of hydrogen-bond acceptors (Lipinski definition) is 3. The van der Waals surface area contributed by atoms with E-state index in [1.54, 1.807) is 6.92 Å². The summed E-state index contributed by atoms with van der Waals surface area (Å²) in [6.07, 6.45) is 4.75. The molecule has 3 unspecified atom stereocenters. The van der Waals surface area contributed by atoms with Crippen molar-refractivity contribution in [2.45, 2.75) is 32.6 Å². The Morgan fingerprint density at radius 3 is 3.00 bits per heavy atom. The van der Waals surface area contributed by atoms with Crippen LogP contribution in [0, 0.1) is 17.3 Å². The molecule has 0 aliphatic heterocycles. The van der Waals surface area contributed by atoms with Crippen molar-refractivity contribution in [2.75, 3.05) is 6.61 Å². The summed E-state index contributed by atoms with van der Waals surface area (Å²) in [6, 6.07) is 0. The van der Waals surface area contributed by atoms with Crippen LogP contribution in [0.2, 0.25) is 0 Å². The topological polar surface area (TPSA) is 43.4 Å². The highest BCUT2D eigenvalue weighted by molar-refractivity contribution is 5.80. The van der Waals surface area contributed by atoms with Crippen LogP contribution in [-0.4, -0.2) is 18.9 Å². The average molecular weight is 196 g/mol. The van der Waals surface area contributed by atoms with Gasteiger partial charge in [-0.2, -0.15) is 0 Å². The highest BCUT2D eigenvalue weighted by atomic mass is 16.5. The van der Waals surface area contributed by atoms with Crippen molar-refractivity contribution in [3.63, 3.8) is 0 Å². The maximum atomic E-state index is 11.6. The van der Waals surface area contributed by atoms with Crippen LogP contribution in [-0.2, 0) is 14.3 Å². The fourth-order valence-corrected chi connectivity index (χ4v) is 3.06. The van der Waals surface area contributed by atoms with Crippen LogP contribution >= 0.6 is 0 Å². The Hall–Kier alpha value is -0.860. The molecule has 78 valence electrons. The number of esters is 1. The zero-order chi connectivity index (χ0) is 10.2. The molecule has 0 spiro atoms. The third kappa shape index (κ3) is 1.26. The van der Waals surface area contributed by atoms with E-state index in [0.717, 1.165) is 32.0 Å². The van der Waals surface area contributed by atoms with E-state index in [2.05, 4.69) is 0 Å². The van der Waals surface area contributed by atoms with Gasteiger partial charge in [-0.3, -0.25) is 4.79 Å². The molecule has 2 fully saturated rings. The summed E-state index contributed by atoms with van der Waals surface area (Å²) in [5.41, 5.74) is -0.364. The molecule has 2 rings (SSSR count). The van der Waals surface area contributed by atoms with Gasteiger partial charge in [0.2, 0.25) is 0 Å². The van der Waals surface area contributed by atoms with Crippen LogP contribution in [0.15, 0.2) is 0 Å². The van der Waals surface area contributed by atoms with E-state index in [4.69, 9.17) is 4.74 Å². The molecule has 0 heterocycles. The summed E-state index contributed by atoms with van der Waals surface area (Å²) in [7, 11) is 0. The van der Waals surface area contributed by atoms with Crippen molar-refractivity contribution in [1.82, 2.24) is 0 Å². The Balaban J connectivity index is 2.13. The van der Waals surface area contributed by atoms with Crippen LogP contribution in [0.25, 0.3) is 0 Å². The number of rotatable bonds is 3. The molecule has 0 radical (unpaired) electrons. The second-order valence-corrected chi connectivity index (χ2v) is 4.50. The van der Waals surface area contributed by atoms with E-state index in [1.807, 2.05) is 0 Å². The van der Waals surface area contributed by atoms with Gasteiger partial charge in [-0.1, -0.05) is 0 Å². The van der Waals surface area contributed by atoms with Crippen molar-refractivity contribution >= 4 is 12.3 Å². The first-order chi connectivity index (χ1) is 6.72. The Morgan fingerprint density at radius 1 is 1.64 bits per heavy atom. The van der Waals surface area contributed by atoms with Gasteiger partial charge in [-0.05, 0) is 38.5 Å². The molecule has 14 heavy (non-hydrogen) atoms. The molecular weight excluding hydrogens is 180 g/mol. The number of aldehydes is 1. The van der Waals surface area contributed by atoms with Crippen molar-refractivity contribution in [2.24, 2.45) is 17.3 Å². The van der Waals surface area contributed by atoms with Crippen molar-refractivity contribution in [3.8, 4) is 0 Å². The number of fused-ring (bicyclic) bond motifs is 2. The van der Waals surface area contributed by atoms with E-state index >= 15 is 0 Å². The van der Waals surface area contributed by atoms with Crippen LogP contribution in [0.5, 0.6) is 0 Å². The standard InChI is InChI=1S/C11H16O3/c1-2-14-10(13)9-5-8-3-4-11(9,6-8)7-12/h7-9H,2-6H2,1H3. The van der Waals surface area contributed by atoms with Gasteiger partial charge in [0.15, 0.2) is 0 Å². The predicted octanol–water partition coefficient (Wildman–Crippen LogP) is 1.55. The SMILES string of the molecule is CCOC(=O)C1CC2CCC1(C=O)C2. The minimum Gasteiger partial charge on any atom is -0.466 e. The Morgan fingerprint density at radius 2 is 2.43 bits per heavy atom. The summed E-state index contributed by atoms with van der Waals surface area (Å²) in [5, 5.41) is 0. The summed E-state index contributed by atoms with van der Waals surface area (Å²) in [5.74, 6) is 0.259. The molecule has 0 aromatic rings. The highest BCUT2D eigenvalue weighted by Crippen LogP contribution is 2.56. The summed E-state index contributed by atoms with van der Waals surface area (Å²) >= 11 is 0. The Labute approximate surface area is 83.8 Å². The van der Waals surface area contributed by atoms with E-state index in [1.165, 1.54) is 0 Å². The van der Waals surface area contributed by atoms with Gasteiger partial charge >= 0.3 is 5.97 Å². The van der Waals surface area contributed by atoms with Crippen LogP contribution < -0.4 is 0 Å². The molecule has 0 saturated heterocycles. The first-order valence-corrected chi connectivity index (χ1v) is 5.35. The van der Waals surface area contributed by atoms with Crippen LogP contribution in [0.3, 0.4) is 0 Å². The molecule has 0 N–H and O–H groups in total. The average Bonchev–Trinajstić information content (AvgIpc) is 2.75. The van der Waals surface area contributed by atoms with E-state index in [0.29, 0.717) is 12.5 Å². The maximum absolute atomic E-state index is 11.6. The lowest BCUT2D eigenvalue weighted by atomic mass is 9.76. The lowest BCUT2D eigenvalue weighted by Gasteiger charge is -2.27. The molecule has 0 amide bonds. The molecule has 3 heteroatoms. The molecule has 2 aliphatic carbocycles. The first kappa shape index (κ1) is 9.69. The van der Waals surface area contributed by atoms with E-state index in [9.17, 15) is 9.59 Å². The number of ether oxygens (including phenoxy) is 1. The van der Waals surface area contributed by atoms with E-state index < -0.39 is 0 Å². The molecule has 0 aromatic carbocycles. The van der Waals surface area contributed by atoms with Crippen molar-refractivity contribution < 1.29 is 14.3 Å². The summed E-state index contributed by atoms with van der Waals surface area (Å²) in [4.78, 5) is 22.7. The fraction of sp³-hybridized carbons (Fsp3) is 0.818. The quantitative estimate of drug-likeness (QED) is 0.508. The minimum absolute atomic E-state index is 0.154. The Bertz CT molecular complexity index is 261. The van der Waals surface area contributed by atoms with E-state index in [-0.39, 0.29) is 17.3 Å². The number of hydrogen-bond donors (Lipinski definition) is 0. The second kappa shape index (κ2) is 3.37. The number of carbonyl (C=O) groups excluding carboxylic acids is 2. The lowest BCUT2D eigenvalue weighted by molar-refractivity contribution is -0.154. The first-order valence-electron chi connectivity index (χ1n) is 5.35. The summed E-state index contributed by atoms with van der Waals surface area (Å²) < 4.78 is 5.01. The zero-order valence-electron chi connectivity index (χ0n) is 8.49. The van der Waals surface area contributed by atoms with Gasteiger partial charge in [0.1, 0.15) is 6.29 Å². The Kier molecular flexibility index (Phi) is 2.33. The van der Waals surface area contributed by atoms with Crippen molar-refractivity contribution in [1.29, 1.82) is 0 Å². The molecular formula is C11H16O3. The maximum Gasteiger partial charge on any atom is 0.309 e. The largest absolute Gasteiger partial charge is 0.466 e. The smallest absolute Gasteiger partial charge is 0.309 e. The second-order valence-electron chi connectivity index (χ2n) is 4.50. The molecule has 2 bridgehead atoms. The van der Waals surface area contributed by atoms with Crippen molar-refractivity contribution in [3.05, 3.63) is 0 Å². The number of carbonyl (C=O) groups is 2. The normalized spacial score (nSPS) is 39.8. The van der Waals surface area contributed by atoms with Gasteiger partial charge < -0.3 is 9.53 Å². The molecule has 2 aliphatic rings. The van der Waals surface area contributed by atoms with Gasteiger partial charge in [-0.15, -0.1) is 0 Å². The zero-order valence-corrected chi connectivity index (χ0v) is 8.49. The third-order valence-electron chi connectivity index (χ3n) is 3.76. The van der Waals surface area contributed by atoms with Gasteiger partial charge in [0.05, 0.1) is 12.5 Å². The predicted molar refractivity (Wildman–Crippen MR) is 50.6 cm³/mol. The minimum atomic E-state index is -0.364. The van der Waals surface area contributed by atoms with Gasteiger partial charge in [0.25, 0.3) is 0 Å². The lowest BCUT2D eigenvalue weighted by Crippen LogP contribution is -2.34.